The van der Waals surface area contributed by atoms with Gasteiger partial charge in [0.25, 0.3) is 0 Å². The highest BCUT2D eigenvalue weighted by Crippen LogP contribution is 2.11. The summed E-state index contributed by atoms with van der Waals surface area (Å²) in [6.07, 6.45) is 5.16. The normalized spacial score (nSPS) is 25.1. The van der Waals surface area contributed by atoms with E-state index in [0.29, 0.717) is 6.04 Å². The first kappa shape index (κ1) is 9.97. The molecule has 2 aliphatic rings. The van der Waals surface area contributed by atoms with Gasteiger partial charge in [-0.1, -0.05) is 0 Å². The molecule has 1 saturated heterocycles. The molecular formula is C11H21N3. The van der Waals surface area contributed by atoms with E-state index in [1.807, 2.05) is 0 Å². The first-order chi connectivity index (χ1) is 6.86. The van der Waals surface area contributed by atoms with E-state index in [1.54, 1.807) is 0 Å². The van der Waals surface area contributed by atoms with Gasteiger partial charge in [0.1, 0.15) is 0 Å². The van der Waals surface area contributed by atoms with Crippen LogP contribution in [0.5, 0.6) is 0 Å². The second-order valence-corrected chi connectivity index (χ2v) is 4.40. The Morgan fingerprint density at radius 2 is 2.14 bits per heavy atom. The number of aliphatic imine (C=N–C) groups is 1. The minimum atomic E-state index is 0.667. The zero-order valence-electron chi connectivity index (χ0n) is 9.13. The van der Waals surface area contributed by atoms with E-state index < -0.39 is 0 Å². The molecule has 0 radical (unpaired) electrons. The van der Waals surface area contributed by atoms with E-state index in [4.69, 9.17) is 0 Å². The lowest BCUT2D eigenvalue weighted by Crippen LogP contribution is -2.40. The quantitative estimate of drug-likeness (QED) is 0.734. The van der Waals surface area contributed by atoms with Gasteiger partial charge in [0.15, 0.2) is 0 Å². The van der Waals surface area contributed by atoms with E-state index in [-0.39, 0.29) is 0 Å². The van der Waals surface area contributed by atoms with Gasteiger partial charge in [-0.2, -0.15) is 0 Å². The van der Waals surface area contributed by atoms with Crippen LogP contribution in [0.1, 0.15) is 32.6 Å². The average Bonchev–Trinajstić information content (AvgIpc) is 2.87. The Labute approximate surface area is 86.6 Å². The number of rotatable bonds is 3. The molecule has 1 fully saturated rings. The molecule has 3 nitrogen and oxygen atoms in total. The molecule has 14 heavy (non-hydrogen) atoms. The summed E-state index contributed by atoms with van der Waals surface area (Å²) in [4.78, 5) is 6.99. The van der Waals surface area contributed by atoms with Crippen LogP contribution >= 0.6 is 0 Å². The van der Waals surface area contributed by atoms with Crippen LogP contribution < -0.4 is 5.32 Å². The third-order valence-electron chi connectivity index (χ3n) is 3.24. The van der Waals surface area contributed by atoms with Crippen LogP contribution in [-0.4, -0.2) is 43.0 Å². The van der Waals surface area contributed by atoms with Gasteiger partial charge in [0, 0.05) is 25.6 Å². The Morgan fingerprint density at radius 3 is 2.79 bits per heavy atom. The Kier molecular flexibility index (Phi) is 3.40. The van der Waals surface area contributed by atoms with Crippen LogP contribution in [0.15, 0.2) is 4.99 Å². The van der Waals surface area contributed by atoms with Crippen molar-refractivity contribution in [2.75, 3.05) is 26.2 Å². The molecule has 80 valence electrons. The van der Waals surface area contributed by atoms with Crippen molar-refractivity contribution in [2.45, 2.75) is 38.6 Å². The number of hydrogen-bond acceptors (Lipinski definition) is 3. The highest BCUT2D eigenvalue weighted by atomic mass is 15.2. The Balaban J connectivity index is 1.68. The van der Waals surface area contributed by atoms with E-state index in [2.05, 4.69) is 22.1 Å². The first-order valence-electron chi connectivity index (χ1n) is 5.87. The highest BCUT2D eigenvalue weighted by Gasteiger charge is 2.18. The maximum Gasteiger partial charge on any atom is 0.0964 e. The zero-order chi connectivity index (χ0) is 9.80. The van der Waals surface area contributed by atoms with E-state index >= 15 is 0 Å². The molecule has 2 heterocycles. The SMILES string of the molecule is CC(CNC1=NCCC1)N1CCCC1. The molecule has 3 heteroatoms. The van der Waals surface area contributed by atoms with E-state index in [0.717, 1.165) is 19.5 Å². The molecule has 1 unspecified atom stereocenters. The van der Waals surface area contributed by atoms with Gasteiger partial charge in [0.2, 0.25) is 0 Å². The van der Waals surface area contributed by atoms with Gasteiger partial charge in [-0.3, -0.25) is 9.89 Å². The monoisotopic (exact) mass is 195 g/mol. The molecule has 2 rings (SSSR count). The smallest absolute Gasteiger partial charge is 0.0964 e. The summed E-state index contributed by atoms with van der Waals surface area (Å²) < 4.78 is 0. The Bertz CT molecular complexity index is 207. The van der Waals surface area contributed by atoms with Crippen LogP contribution in [0.3, 0.4) is 0 Å². The summed E-state index contributed by atoms with van der Waals surface area (Å²) in [5.74, 6) is 1.23. The summed E-state index contributed by atoms with van der Waals surface area (Å²) in [5.41, 5.74) is 0. The number of amidine groups is 1. The van der Waals surface area contributed by atoms with Gasteiger partial charge in [0.05, 0.1) is 5.84 Å². The van der Waals surface area contributed by atoms with Crippen molar-refractivity contribution in [3.05, 3.63) is 0 Å². The second kappa shape index (κ2) is 4.78. The largest absolute Gasteiger partial charge is 0.372 e. The molecule has 0 amide bonds. The molecule has 0 aromatic carbocycles. The molecule has 0 spiro atoms. The predicted molar refractivity (Wildman–Crippen MR) is 59.8 cm³/mol. The number of likely N-dealkylation sites (tertiary alicyclic amines) is 1. The maximum atomic E-state index is 4.42. The predicted octanol–water partition coefficient (Wildman–Crippen LogP) is 1.25. The lowest BCUT2D eigenvalue weighted by molar-refractivity contribution is 0.259. The van der Waals surface area contributed by atoms with Gasteiger partial charge in [-0.15, -0.1) is 0 Å². The van der Waals surface area contributed by atoms with Gasteiger partial charge >= 0.3 is 0 Å². The van der Waals surface area contributed by atoms with Crippen molar-refractivity contribution in [1.29, 1.82) is 0 Å². The molecule has 0 aromatic heterocycles. The number of hydrogen-bond donors (Lipinski definition) is 1. The van der Waals surface area contributed by atoms with Crippen molar-refractivity contribution in [3.63, 3.8) is 0 Å². The third kappa shape index (κ3) is 2.47. The zero-order valence-corrected chi connectivity index (χ0v) is 9.13. The average molecular weight is 195 g/mol. The molecule has 0 saturated carbocycles. The maximum absolute atomic E-state index is 4.42. The van der Waals surface area contributed by atoms with Crippen molar-refractivity contribution in [1.82, 2.24) is 10.2 Å². The van der Waals surface area contributed by atoms with Gasteiger partial charge < -0.3 is 5.32 Å². The van der Waals surface area contributed by atoms with Gasteiger partial charge in [-0.05, 0) is 39.3 Å². The molecule has 1 N–H and O–H groups in total. The fraction of sp³-hybridized carbons (Fsp3) is 0.909. The first-order valence-corrected chi connectivity index (χ1v) is 5.87. The number of nitrogens with zero attached hydrogens (tertiary/aromatic N) is 2. The lowest BCUT2D eigenvalue weighted by Gasteiger charge is -2.24. The summed E-state index contributed by atoms with van der Waals surface area (Å²) in [6.45, 7) is 6.98. The van der Waals surface area contributed by atoms with Crippen LogP contribution in [0, 0.1) is 0 Å². The standard InChI is InChI=1S/C11H21N3/c1-10(14-7-2-3-8-14)9-13-11-5-4-6-12-11/h10H,2-9H2,1H3,(H,12,13). The van der Waals surface area contributed by atoms with Gasteiger partial charge in [-0.25, -0.2) is 0 Å². The Hall–Kier alpha value is -0.570. The minimum Gasteiger partial charge on any atom is -0.372 e. The lowest BCUT2D eigenvalue weighted by atomic mass is 10.3. The van der Waals surface area contributed by atoms with Crippen molar-refractivity contribution in [3.8, 4) is 0 Å². The van der Waals surface area contributed by atoms with Crippen LogP contribution in [0.2, 0.25) is 0 Å². The minimum absolute atomic E-state index is 0.667. The summed E-state index contributed by atoms with van der Waals surface area (Å²) in [6, 6.07) is 0.667. The van der Waals surface area contributed by atoms with Crippen molar-refractivity contribution < 1.29 is 0 Å². The summed E-state index contributed by atoms with van der Waals surface area (Å²) in [5, 5.41) is 3.47. The van der Waals surface area contributed by atoms with E-state index in [1.165, 1.54) is 38.2 Å². The molecular weight excluding hydrogens is 174 g/mol. The van der Waals surface area contributed by atoms with Crippen LogP contribution in [0.4, 0.5) is 0 Å². The molecule has 0 bridgehead atoms. The Morgan fingerprint density at radius 1 is 1.36 bits per heavy atom. The summed E-state index contributed by atoms with van der Waals surface area (Å²) in [7, 11) is 0. The van der Waals surface area contributed by atoms with Crippen molar-refractivity contribution >= 4 is 5.84 Å². The fourth-order valence-corrected chi connectivity index (χ4v) is 2.26. The number of nitrogens with one attached hydrogen (secondary N) is 1. The highest BCUT2D eigenvalue weighted by molar-refractivity contribution is 5.83. The second-order valence-electron chi connectivity index (χ2n) is 4.40. The topological polar surface area (TPSA) is 27.6 Å². The van der Waals surface area contributed by atoms with Crippen LogP contribution in [-0.2, 0) is 0 Å². The molecule has 0 aliphatic carbocycles. The fourth-order valence-electron chi connectivity index (χ4n) is 2.26. The van der Waals surface area contributed by atoms with E-state index in [9.17, 15) is 0 Å². The summed E-state index contributed by atoms with van der Waals surface area (Å²) >= 11 is 0. The van der Waals surface area contributed by atoms with Crippen LogP contribution in [0.25, 0.3) is 0 Å². The van der Waals surface area contributed by atoms with Crippen molar-refractivity contribution in [2.24, 2.45) is 4.99 Å². The molecule has 1 atom stereocenters. The molecule has 2 aliphatic heterocycles. The third-order valence-corrected chi connectivity index (χ3v) is 3.24. The molecule has 0 aromatic rings.